The van der Waals surface area contributed by atoms with E-state index >= 15 is 0 Å². The number of carbonyl (C=O) groups excluding carboxylic acids is 1. The van der Waals surface area contributed by atoms with Gasteiger partial charge >= 0.3 is 0 Å². The second kappa shape index (κ2) is 8.36. The third kappa shape index (κ3) is 4.32. The zero-order chi connectivity index (χ0) is 19.6. The molecule has 0 aromatic carbocycles. The van der Waals surface area contributed by atoms with Gasteiger partial charge in [-0.3, -0.25) is 14.7 Å². The Labute approximate surface area is 175 Å². The van der Waals surface area contributed by atoms with Gasteiger partial charge in [-0.05, 0) is 61.9 Å². The molecule has 0 unspecified atom stereocenters. The van der Waals surface area contributed by atoms with Crippen LogP contribution in [0.25, 0.3) is 0 Å². The van der Waals surface area contributed by atoms with Crippen molar-refractivity contribution in [2.75, 3.05) is 26.2 Å². The minimum absolute atomic E-state index is 0.0435. The average Bonchev–Trinajstić information content (AvgIpc) is 2.71. The molecule has 148 valence electrons. The SMILES string of the molecule is O=C(c1cnc(Cl)cc1Cl)N1CCC2(CCN(Cc3cccnc3)CC2)CC1. The lowest BCUT2D eigenvalue weighted by atomic mass is 9.71. The maximum absolute atomic E-state index is 12.8. The van der Waals surface area contributed by atoms with Crippen LogP contribution in [-0.2, 0) is 6.54 Å². The molecule has 2 saturated heterocycles. The Morgan fingerprint density at radius 3 is 2.43 bits per heavy atom. The van der Waals surface area contributed by atoms with Crippen LogP contribution in [0.15, 0.2) is 36.8 Å². The molecular weight excluding hydrogens is 395 g/mol. The van der Waals surface area contributed by atoms with Crippen molar-refractivity contribution in [2.45, 2.75) is 32.2 Å². The predicted octanol–water partition coefficient (Wildman–Crippen LogP) is 4.30. The number of halogens is 2. The van der Waals surface area contributed by atoms with Crippen molar-refractivity contribution in [3.63, 3.8) is 0 Å². The molecule has 0 atom stereocenters. The van der Waals surface area contributed by atoms with Crippen molar-refractivity contribution in [3.8, 4) is 0 Å². The normalized spacial score (nSPS) is 19.7. The van der Waals surface area contributed by atoms with Crippen LogP contribution in [0.4, 0.5) is 0 Å². The molecule has 1 amide bonds. The lowest BCUT2D eigenvalue weighted by molar-refractivity contribution is 0.0285. The molecule has 0 aliphatic carbocycles. The van der Waals surface area contributed by atoms with Crippen molar-refractivity contribution in [2.24, 2.45) is 5.41 Å². The number of pyridine rings is 2. The average molecular weight is 419 g/mol. The second-order valence-corrected chi connectivity index (χ2v) is 8.71. The first-order chi connectivity index (χ1) is 13.5. The number of carbonyl (C=O) groups is 1. The largest absolute Gasteiger partial charge is 0.339 e. The van der Waals surface area contributed by atoms with Gasteiger partial charge in [-0.15, -0.1) is 0 Å². The van der Waals surface area contributed by atoms with E-state index in [9.17, 15) is 4.79 Å². The molecule has 0 N–H and O–H groups in total. The Balaban J connectivity index is 1.31. The number of piperidine rings is 2. The summed E-state index contributed by atoms with van der Waals surface area (Å²) in [5.41, 5.74) is 2.07. The molecule has 4 heterocycles. The smallest absolute Gasteiger partial charge is 0.256 e. The number of hydrogen-bond acceptors (Lipinski definition) is 4. The van der Waals surface area contributed by atoms with Crippen LogP contribution in [0, 0.1) is 5.41 Å². The summed E-state index contributed by atoms with van der Waals surface area (Å²) >= 11 is 12.0. The highest BCUT2D eigenvalue weighted by molar-refractivity contribution is 6.36. The Morgan fingerprint density at radius 1 is 1.07 bits per heavy atom. The summed E-state index contributed by atoms with van der Waals surface area (Å²) in [6.07, 6.45) is 9.74. The van der Waals surface area contributed by atoms with Crippen LogP contribution in [0.1, 0.15) is 41.6 Å². The first kappa shape index (κ1) is 19.6. The van der Waals surface area contributed by atoms with E-state index in [-0.39, 0.29) is 5.91 Å². The van der Waals surface area contributed by atoms with Crippen LogP contribution < -0.4 is 0 Å². The highest BCUT2D eigenvalue weighted by atomic mass is 35.5. The van der Waals surface area contributed by atoms with E-state index in [1.54, 1.807) is 0 Å². The molecule has 7 heteroatoms. The summed E-state index contributed by atoms with van der Waals surface area (Å²) in [5, 5.41) is 0.672. The van der Waals surface area contributed by atoms with Crippen LogP contribution in [0.5, 0.6) is 0 Å². The number of likely N-dealkylation sites (tertiary alicyclic amines) is 2. The van der Waals surface area contributed by atoms with Gasteiger partial charge in [0.15, 0.2) is 0 Å². The van der Waals surface area contributed by atoms with Gasteiger partial charge in [-0.1, -0.05) is 29.3 Å². The van der Waals surface area contributed by atoms with Crippen LogP contribution in [-0.4, -0.2) is 51.9 Å². The topological polar surface area (TPSA) is 49.3 Å². The Bertz CT molecular complexity index is 828. The van der Waals surface area contributed by atoms with Gasteiger partial charge in [0.25, 0.3) is 5.91 Å². The summed E-state index contributed by atoms with van der Waals surface area (Å²) < 4.78 is 0. The third-order valence-electron chi connectivity index (χ3n) is 6.21. The number of amides is 1. The highest BCUT2D eigenvalue weighted by Crippen LogP contribution is 2.41. The molecule has 2 aromatic heterocycles. The summed E-state index contributed by atoms with van der Waals surface area (Å²) in [4.78, 5) is 25.4. The predicted molar refractivity (Wildman–Crippen MR) is 111 cm³/mol. The van der Waals surface area contributed by atoms with Gasteiger partial charge in [0, 0.05) is 38.2 Å². The van der Waals surface area contributed by atoms with Crippen molar-refractivity contribution >= 4 is 29.1 Å². The van der Waals surface area contributed by atoms with Gasteiger partial charge < -0.3 is 4.90 Å². The molecule has 5 nitrogen and oxygen atoms in total. The quantitative estimate of drug-likeness (QED) is 0.696. The van der Waals surface area contributed by atoms with Gasteiger partial charge in [0.2, 0.25) is 0 Å². The van der Waals surface area contributed by atoms with Crippen molar-refractivity contribution < 1.29 is 4.79 Å². The summed E-state index contributed by atoms with van der Waals surface area (Å²) in [7, 11) is 0. The molecule has 2 aliphatic heterocycles. The first-order valence-electron chi connectivity index (χ1n) is 9.76. The van der Waals surface area contributed by atoms with Crippen LogP contribution in [0.3, 0.4) is 0 Å². The number of nitrogens with zero attached hydrogens (tertiary/aromatic N) is 4. The van der Waals surface area contributed by atoms with E-state index < -0.39 is 0 Å². The second-order valence-electron chi connectivity index (χ2n) is 7.92. The standard InChI is InChI=1S/C21H24Cl2N4O/c22-18-12-19(23)25-14-17(18)20(28)27-10-5-21(6-11-27)3-8-26(9-4-21)15-16-2-1-7-24-13-16/h1-2,7,12-14H,3-6,8-11,15H2. The number of hydrogen-bond donors (Lipinski definition) is 0. The van der Waals surface area contributed by atoms with E-state index in [1.807, 2.05) is 23.4 Å². The number of rotatable bonds is 3. The molecule has 4 rings (SSSR count). The molecule has 0 saturated carbocycles. The fourth-order valence-electron chi connectivity index (χ4n) is 4.35. The maximum Gasteiger partial charge on any atom is 0.256 e. The molecule has 1 spiro atoms. The maximum atomic E-state index is 12.8. The summed E-state index contributed by atoms with van der Waals surface area (Å²) in [6.45, 7) is 4.74. The monoisotopic (exact) mass is 418 g/mol. The minimum atomic E-state index is -0.0435. The van der Waals surface area contributed by atoms with Crippen molar-refractivity contribution in [1.29, 1.82) is 0 Å². The zero-order valence-electron chi connectivity index (χ0n) is 15.8. The van der Waals surface area contributed by atoms with E-state index in [2.05, 4.69) is 20.9 Å². The Morgan fingerprint density at radius 2 is 1.79 bits per heavy atom. The molecule has 0 radical (unpaired) electrons. The summed E-state index contributed by atoms with van der Waals surface area (Å²) in [6, 6.07) is 5.66. The zero-order valence-corrected chi connectivity index (χ0v) is 17.3. The Hall–Kier alpha value is -1.69. The minimum Gasteiger partial charge on any atom is -0.339 e. The fourth-order valence-corrected chi connectivity index (χ4v) is 4.80. The van der Waals surface area contributed by atoms with E-state index in [0.717, 1.165) is 45.6 Å². The van der Waals surface area contributed by atoms with Crippen molar-refractivity contribution in [1.82, 2.24) is 19.8 Å². The van der Waals surface area contributed by atoms with Gasteiger partial charge in [-0.2, -0.15) is 0 Å². The summed E-state index contributed by atoms with van der Waals surface area (Å²) in [5.74, 6) is -0.0435. The van der Waals surface area contributed by atoms with E-state index in [1.165, 1.54) is 30.7 Å². The highest BCUT2D eigenvalue weighted by Gasteiger charge is 2.38. The third-order valence-corrected chi connectivity index (χ3v) is 6.73. The van der Waals surface area contributed by atoms with E-state index in [0.29, 0.717) is 21.2 Å². The lowest BCUT2D eigenvalue weighted by Gasteiger charge is -2.47. The van der Waals surface area contributed by atoms with Gasteiger partial charge in [0.1, 0.15) is 5.15 Å². The fraction of sp³-hybridized carbons (Fsp3) is 0.476. The van der Waals surface area contributed by atoms with Crippen molar-refractivity contribution in [3.05, 3.63) is 58.1 Å². The molecule has 0 bridgehead atoms. The lowest BCUT2D eigenvalue weighted by Crippen LogP contribution is -2.48. The van der Waals surface area contributed by atoms with Crippen LogP contribution in [0.2, 0.25) is 10.2 Å². The molecule has 2 aliphatic rings. The Kier molecular flexibility index (Phi) is 5.85. The van der Waals surface area contributed by atoms with Gasteiger partial charge in [0.05, 0.1) is 10.6 Å². The molecular formula is C21H24Cl2N4O. The number of aromatic nitrogens is 2. The first-order valence-corrected chi connectivity index (χ1v) is 10.5. The molecule has 2 fully saturated rings. The molecule has 2 aromatic rings. The van der Waals surface area contributed by atoms with Crippen LogP contribution >= 0.6 is 23.2 Å². The molecule has 28 heavy (non-hydrogen) atoms. The van der Waals surface area contributed by atoms with E-state index in [4.69, 9.17) is 23.2 Å². The van der Waals surface area contributed by atoms with Gasteiger partial charge in [-0.25, -0.2) is 4.98 Å².